The zero-order chi connectivity index (χ0) is 13.2. The van der Waals surface area contributed by atoms with Gasteiger partial charge >= 0.3 is 0 Å². The van der Waals surface area contributed by atoms with Crippen LogP contribution in [0, 0.1) is 6.92 Å². The zero-order valence-electron chi connectivity index (χ0n) is 11.1. The summed E-state index contributed by atoms with van der Waals surface area (Å²) in [5.74, 6) is 1.71. The number of alkyl halides is 1. The van der Waals surface area contributed by atoms with Gasteiger partial charge in [-0.2, -0.15) is 0 Å². The molecule has 1 aromatic carbocycles. The Morgan fingerprint density at radius 1 is 1.26 bits per heavy atom. The van der Waals surface area contributed by atoms with Crippen LogP contribution in [0.5, 0.6) is 0 Å². The first-order valence-corrected chi connectivity index (χ1v) is 7.29. The third kappa shape index (κ3) is 2.50. The summed E-state index contributed by atoms with van der Waals surface area (Å²) in [5.41, 5.74) is 4.76. The minimum Gasteiger partial charge on any atom is -0.238 e. The van der Waals surface area contributed by atoms with Crippen LogP contribution in [0.15, 0.2) is 30.3 Å². The molecule has 1 aromatic heterocycles. The quantitative estimate of drug-likeness (QED) is 0.773. The van der Waals surface area contributed by atoms with E-state index in [1.807, 2.05) is 13.0 Å². The van der Waals surface area contributed by atoms with E-state index in [1.165, 1.54) is 24.0 Å². The van der Waals surface area contributed by atoms with Crippen LogP contribution < -0.4 is 0 Å². The second-order valence-corrected chi connectivity index (χ2v) is 5.40. The number of aryl methyl sites for hydroxylation is 2. The Morgan fingerprint density at radius 2 is 2.11 bits per heavy atom. The second kappa shape index (κ2) is 5.30. The molecule has 0 saturated heterocycles. The first-order valence-electron chi connectivity index (χ1n) is 6.76. The fourth-order valence-corrected chi connectivity index (χ4v) is 3.04. The van der Waals surface area contributed by atoms with Gasteiger partial charge in [0.1, 0.15) is 5.82 Å². The van der Waals surface area contributed by atoms with E-state index >= 15 is 0 Å². The third-order valence-corrected chi connectivity index (χ3v) is 4.02. The molecule has 0 fully saturated rings. The molecule has 1 aliphatic rings. The highest BCUT2D eigenvalue weighted by Gasteiger charge is 2.24. The lowest BCUT2D eigenvalue weighted by Gasteiger charge is -2.24. The Bertz CT molecular complexity index is 595. The van der Waals surface area contributed by atoms with E-state index in [-0.39, 0.29) is 0 Å². The molecule has 2 nitrogen and oxygen atoms in total. The molecule has 1 unspecified atom stereocenters. The number of fused-ring (bicyclic) bond motifs is 1. The van der Waals surface area contributed by atoms with Crippen LogP contribution in [-0.4, -0.2) is 9.97 Å². The summed E-state index contributed by atoms with van der Waals surface area (Å²) in [4.78, 5) is 9.27. The van der Waals surface area contributed by atoms with E-state index in [4.69, 9.17) is 11.6 Å². The Kier molecular flexibility index (Phi) is 3.52. The van der Waals surface area contributed by atoms with Gasteiger partial charge in [0.2, 0.25) is 0 Å². The monoisotopic (exact) mass is 272 g/mol. The molecule has 0 N–H and O–H groups in total. The van der Waals surface area contributed by atoms with Crippen LogP contribution in [0.3, 0.4) is 0 Å². The smallest absolute Gasteiger partial charge is 0.136 e. The Hall–Kier alpha value is -1.41. The molecular weight excluding hydrogens is 256 g/mol. The normalized spacial score (nSPS) is 18.1. The molecule has 0 spiro atoms. The predicted octanol–water partition coefficient (Wildman–Crippen LogP) is 3.99. The highest BCUT2D eigenvalue weighted by atomic mass is 35.5. The van der Waals surface area contributed by atoms with Gasteiger partial charge in [0, 0.05) is 11.6 Å². The minimum atomic E-state index is 0.326. The SMILES string of the molecule is Cc1cc(CCl)nc(C2CCCc3ccccc32)n1. The van der Waals surface area contributed by atoms with Crippen molar-refractivity contribution in [3.63, 3.8) is 0 Å². The Morgan fingerprint density at radius 3 is 2.95 bits per heavy atom. The number of rotatable bonds is 2. The fraction of sp³-hybridized carbons (Fsp3) is 0.375. The molecule has 0 amide bonds. The van der Waals surface area contributed by atoms with Crippen LogP contribution in [0.2, 0.25) is 0 Å². The first-order chi connectivity index (χ1) is 9.28. The van der Waals surface area contributed by atoms with E-state index in [0.717, 1.165) is 23.6 Å². The van der Waals surface area contributed by atoms with E-state index in [0.29, 0.717) is 11.8 Å². The lowest BCUT2D eigenvalue weighted by atomic mass is 9.82. The highest BCUT2D eigenvalue weighted by Crippen LogP contribution is 2.35. The number of aromatic nitrogens is 2. The van der Waals surface area contributed by atoms with Crippen LogP contribution in [0.1, 0.15) is 47.1 Å². The maximum atomic E-state index is 5.92. The number of halogens is 1. The molecular formula is C16H17ClN2. The second-order valence-electron chi connectivity index (χ2n) is 5.14. The van der Waals surface area contributed by atoms with Crippen molar-refractivity contribution in [2.75, 3.05) is 0 Å². The average Bonchev–Trinajstić information content (AvgIpc) is 2.46. The van der Waals surface area contributed by atoms with Gasteiger partial charge in [0.05, 0.1) is 11.6 Å². The molecule has 1 atom stereocenters. The highest BCUT2D eigenvalue weighted by molar-refractivity contribution is 6.16. The van der Waals surface area contributed by atoms with Gasteiger partial charge in [-0.3, -0.25) is 0 Å². The standard InChI is InChI=1S/C16H17ClN2/c1-11-9-13(10-17)19-16(18-11)15-8-4-6-12-5-2-3-7-14(12)15/h2-3,5,7,9,15H,4,6,8,10H2,1H3. The predicted molar refractivity (Wildman–Crippen MR) is 77.5 cm³/mol. The fourth-order valence-electron chi connectivity index (χ4n) is 2.90. The summed E-state index contributed by atoms with van der Waals surface area (Å²) < 4.78 is 0. The summed E-state index contributed by atoms with van der Waals surface area (Å²) >= 11 is 5.92. The summed E-state index contributed by atoms with van der Waals surface area (Å²) in [6.07, 6.45) is 3.50. The van der Waals surface area contributed by atoms with Gasteiger partial charge in [-0.25, -0.2) is 9.97 Å². The van der Waals surface area contributed by atoms with Crippen molar-refractivity contribution in [2.45, 2.75) is 38.0 Å². The molecule has 2 aromatic rings. The molecule has 0 radical (unpaired) electrons. The van der Waals surface area contributed by atoms with Gasteiger partial charge in [-0.1, -0.05) is 24.3 Å². The molecule has 98 valence electrons. The molecule has 3 heteroatoms. The number of hydrogen-bond donors (Lipinski definition) is 0. The molecule has 19 heavy (non-hydrogen) atoms. The number of nitrogens with zero attached hydrogens (tertiary/aromatic N) is 2. The molecule has 1 heterocycles. The molecule has 1 aliphatic carbocycles. The van der Waals surface area contributed by atoms with Crippen LogP contribution in [0.4, 0.5) is 0 Å². The third-order valence-electron chi connectivity index (χ3n) is 3.74. The number of benzene rings is 1. The first kappa shape index (κ1) is 12.6. The van der Waals surface area contributed by atoms with Gasteiger partial charge in [-0.15, -0.1) is 11.6 Å². The van der Waals surface area contributed by atoms with Crippen molar-refractivity contribution in [2.24, 2.45) is 0 Å². The van der Waals surface area contributed by atoms with Gasteiger partial charge in [0.15, 0.2) is 0 Å². The average molecular weight is 273 g/mol. The van der Waals surface area contributed by atoms with Gasteiger partial charge in [0.25, 0.3) is 0 Å². The summed E-state index contributed by atoms with van der Waals surface area (Å²) in [7, 11) is 0. The summed E-state index contributed by atoms with van der Waals surface area (Å²) in [6.45, 7) is 2.01. The number of hydrogen-bond acceptors (Lipinski definition) is 2. The van der Waals surface area contributed by atoms with Crippen LogP contribution in [-0.2, 0) is 12.3 Å². The summed E-state index contributed by atoms with van der Waals surface area (Å²) in [6, 6.07) is 10.6. The van der Waals surface area contributed by atoms with Crippen LogP contribution >= 0.6 is 11.6 Å². The van der Waals surface area contributed by atoms with E-state index in [9.17, 15) is 0 Å². The lowest BCUT2D eigenvalue weighted by molar-refractivity contribution is 0.587. The van der Waals surface area contributed by atoms with Gasteiger partial charge in [-0.05, 0) is 43.4 Å². The Balaban J connectivity index is 2.06. The molecule has 0 saturated carbocycles. The van der Waals surface area contributed by atoms with Crippen molar-refractivity contribution >= 4 is 11.6 Å². The van der Waals surface area contributed by atoms with Crippen molar-refractivity contribution in [3.8, 4) is 0 Å². The van der Waals surface area contributed by atoms with Crippen molar-refractivity contribution in [1.29, 1.82) is 0 Å². The zero-order valence-corrected chi connectivity index (χ0v) is 11.8. The topological polar surface area (TPSA) is 25.8 Å². The molecule has 0 bridgehead atoms. The Labute approximate surface area is 118 Å². The lowest BCUT2D eigenvalue weighted by Crippen LogP contribution is -2.14. The largest absolute Gasteiger partial charge is 0.238 e. The van der Waals surface area contributed by atoms with Crippen molar-refractivity contribution in [3.05, 3.63) is 58.7 Å². The minimum absolute atomic E-state index is 0.326. The molecule has 0 aliphatic heterocycles. The molecule has 3 rings (SSSR count). The van der Waals surface area contributed by atoms with Gasteiger partial charge < -0.3 is 0 Å². The van der Waals surface area contributed by atoms with Crippen molar-refractivity contribution < 1.29 is 0 Å². The summed E-state index contributed by atoms with van der Waals surface area (Å²) in [5, 5.41) is 0. The maximum absolute atomic E-state index is 5.92. The van der Waals surface area contributed by atoms with Crippen LogP contribution in [0.25, 0.3) is 0 Å². The van der Waals surface area contributed by atoms with E-state index in [2.05, 4.69) is 34.2 Å². The van der Waals surface area contributed by atoms with E-state index < -0.39 is 0 Å². The van der Waals surface area contributed by atoms with E-state index in [1.54, 1.807) is 0 Å². The maximum Gasteiger partial charge on any atom is 0.136 e. The van der Waals surface area contributed by atoms with Crippen molar-refractivity contribution in [1.82, 2.24) is 9.97 Å².